The molecular weight excluding hydrogens is 276 g/mol. The lowest BCUT2D eigenvalue weighted by molar-refractivity contribution is 0.0802. The molecule has 1 aromatic carbocycles. The average molecular weight is 298 g/mol. The molecule has 0 unspecified atom stereocenters. The number of hydrogen-bond acceptors (Lipinski definition) is 4. The predicted octanol–water partition coefficient (Wildman–Crippen LogP) is 0.565. The van der Waals surface area contributed by atoms with E-state index in [1.807, 2.05) is 25.2 Å². The van der Waals surface area contributed by atoms with Gasteiger partial charge < -0.3 is 10.2 Å². The van der Waals surface area contributed by atoms with Crippen molar-refractivity contribution in [3.8, 4) is 0 Å². The molecule has 0 bridgehead atoms. The maximum absolute atomic E-state index is 12.4. The number of amides is 1. The molecule has 20 heavy (non-hydrogen) atoms. The first-order valence-electron chi connectivity index (χ1n) is 6.51. The van der Waals surface area contributed by atoms with Crippen molar-refractivity contribution in [1.82, 2.24) is 10.2 Å². The van der Waals surface area contributed by atoms with Crippen molar-refractivity contribution in [2.45, 2.75) is 6.42 Å². The van der Waals surface area contributed by atoms with Crippen molar-refractivity contribution in [1.29, 1.82) is 0 Å². The minimum absolute atomic E-state index is 0.0199. The number of benzene rings is 1. The minimum atomic E-state index is -3.06. The second-order valence-corrected chi connectivity index (χ2v) is 7.13. The quantitative estimate of drug-likeness (QED) is 0.799. The summed E-state index contributed by atoms with van der Waals surface area (Å²) >= 11 is 0. The van der Waals surface area contributed by atoms with Gasteiger partial charge in [0.15, 0.2) is 0 Å². The van der Waals surface area contributed by atoms with E-state index in [0.29, 0.717) is 5.56 Å². The zero-order valence-electron chi connectivity index (χ0n) is 12.2. The van der Waals surface area contributed by atoms with Crippen LogP contribution in [0.2, 0.25) is 0 Å². The molecule has 1 aromatic rings. The molecule has 6 heteroatoms. The van der Waals surface area contributed by atoms with E-state index in [2.05, 4.69) is 5.32 Å². The molecule has 0 aliphatic rings. The van der Waals surface area contributed by atoms with Gasteiger partial charge in [0, 0.05) is 25.4 Å². The highest BCUT2D eigenvalue weighted by atomic mass is 32.2. The Morgan fingerprint density at radius 3 is 2.55 bits per heavy atom. The van der Waals surface area contributed by atoms with Gasteiger partial charge in [-0.1, -0.05) is 18.2 Å². The van der Waals surface area contributed by atoms with E-state index in [4.69, 9.17) is 0 Å². The van der Waals surface area contributed by atoms with E-state index in [0.717, 1.165) is 18.5 Å². The van der Waals surface area contributed by atoms with Crippen LogP contribution in [0.3, 0.4) is 0 Å². The Morgan fingerprint density at radius 2 is 1.95 bits per heavy atom. The fourth-order valence-corrected chi connectivity index (χ4v) is 2.42. The number of nitrogens with one attached hydrogen (secondary N) is 1. The summed E-state index contributed by atoms with van der Waals surface area (Å²) in [6, 6.07) is 7.43. The van der Waals surface area contributed by atoms with E-state index in [-0.39, 0.29) is 18.2 Å². The molecule has 0 spiro atoms. The van der Waals surface area contributed by atoms with E-state index >= 15 is 0 Å². The summed E-state index contributed by atoms with van der Waals surface area (Å²) in [6.07, 6.45) is 1.94. The fraction of sp³-hybridized carbons (Fsp3) is 0.500. The zero-order valence-corrected chi connectivity index (χ0v) is 13.0. The first-order valence-corrected chi connectivity index (χ1v) is 8.57. The van der Waals surface area contributed by atoms with Gasteiger partial charge in [-0.05, 0) is 31.6 Å². The summed E-state index contributed by atoms with van der Waals surface area (Å²) < 4.78 is 22.3. The molecule has 0 fully saturated rings. The van der Waals surface area contributed by atoms with Gasteiger partial charge in [-0.25, -0.2) is 8.42 Å². The summed E-state index contributed by atoms with van der Waals surface area (Å²) in [5, 5.41) is 3.05. The molecule has 0 aliphatic carbocycles. The van der Waals surface area contributed by atoms with E-state index < -0.39 is 9.84 Å². The molecule has 0 atom stereocenters. The number of carbonyl (C=O) groups is 1. The first kappa shape index (κ1) is 16.7. The monoisotopic (exact) mass is 298 g/mol. The van der Waals surface area contributed by atoms with Gasteiger partial charge in [-0.2, -0.15) is 0 Å². The molecule has 0 heterocycles. The third-order valence-electron chi connectivity index (χ3n) is 3.04. The number of likely N-dealkylation sites (N-methyl/N-ethyl adjacent to an activating group) is 1. The van der Waals surface area contributed by atoms with Crippen molar-refractivity contribution in [2.24, 2.45) is 0 Å². The highest BCUT2D eigenvalue weighted by molar-refractivity contribution is 7.90. The van der Waals surface area contributed by atoms with Crippen molar-refractivity contribution < 1.29 is 13.2 Å². The highest BCUT2D eigenvalue weighted by Crippen LogP contribution is 2.12. The Kier molecular flexibility index (Phi) is 6.16. The number of carbonyl (C=O) groups excluding carboxylic acids is 1. The molecule has 1 amide bonds. The van der Waals surface area contributed by atoms with E-state index in [1.54, 1.807) is 13.1 Å². The summed E-state index contributed by atoms with van der Waals surface area (Å²) in [6.45, 7) is 0.995. The zero-order chi connectivity index (χ0) is 15.2. The molecule has 5 nitrogen and oxygen atoms in total. The van der Waals surface area contributed by atoms with E-state index in [1.165, 1.54) is 11.2 Å². The van der Waals surface area contributed by atoms with Crippen LogP contribution in [0.15, 0.2) is 24.3 Å². The van der Waals surface area contributed by atoms with Gasteiger partial charge in [-0.15, -0.1) is 0 Å². The molecular formula is C14H22N2O3S. The molecule has 1 rings (SSSR count). The first-order chi connectivity index (χ1) is 9.35. The minimum Gasteiger partial charge on any atom is -0.341 e. The molecule has 0 saturated carbocycles. The fourth-order valence-electron chi connectivity index (χ4n) is 1.82. The van der Waals surface area contributed by atoms with Crippen molar-refractivity contribution >= 4 is 15.7 Å². The Hall–Kier alpha value is -1.40. The standard InChI is InChI=1S/C14H22N2O3S/c1-15-9-8-12-6-4-5-7-13(12)14(17)16(2)10-11-20(3,18)19/h4-7,15H,8-11H2,1-3H3. The van der Waals surface area contributed by atoms with Crippen LogP contribution >= 0.6 is 0 Å². The predicted molar refractivity (Wildman–Crippen MR) is 80.7 cm³/mol. The van der Waals surface area contributed by atoms with Crippen molar-refractivity contribution in [2.75, 3.05) is 39.2 Å². The largest absolute Gasteiger partial charge is 0.341 e. The van der Waals surface area contributed by atoms with Gasteiger partial charge in [0.2, 0.25) is 0 Å². The second-order valence-electron chi connectivity index (χ2n) is 4.87. The molecule has 0 aliphatic heterocycles. The summed E-state index contributed by atoms with van der Waals surface area (Å²) in [4.78, 5) is 13.8. The van der Waals surface area contributed by atoms with E-state index in [9.17, 15) is 13.2 Å². The SMILES string of the molecule is CNCCc1ccccc1C(=O)N(C)CCS(C)(=O)=O. The van der Waals surface area contributed by atoms with Crippen LogP contribution in [-0.2, 0) is 16.3 Å². The van der Waals surface area contributed by atoms with Crippen LogP contribution in [0.5, 0.6) is 0 Å². The third kappa shape index (κ3) is 5.30. The topological polar surface area (TPSA) is 66.5 Å². The normalized spacial score (nSPS) is 11.3. The number of hydrogen-bond donors (Lipinski definition) is 1. The molecule has 112 valence electrons. The summed E-state index contributed by atoms with van der Waals surface area (Å²) in [5.74, 6) is -0.158. The average Bonchev–Trinajstić information content (AvgIpc) is 2.41. The van der Waals surface area contributed by atoms with Crippen LogP contribution in [0, 0.1) is 0 Å². The van der Waals surface area contributed by atoms with Gasteiger partial charge in [0.25, 0.3) is 5.91 Å². The van der Waals surface area contributed by atoms with Crippen LogP contribution in [-0.4, -0.2) is 58.4 Å². The Labute approximate surface area is 120 Å². The second kappa shape index (κ2) is 7.40. The molecule has 0 aromatic heterocycles. The number of sulfone groups is 1. The Morgan fingerprint density at radius 1 is 1.30 bits per heavy atom. The van der Waals surface area contributed by atoms with Crippen molar-refractivity contribution in [3.05, 3.63) is 35.4 Å². The highest BCUT2D eigenvalue weighted by Gasteiger charge is 2.16. The van der Waals surface area contributed by atoms with Gasteiger partial charge in [-0.3, -0.25) is 4.79 Å². The lowest BCUT2D eigenvalue weighted by atomic mass is 10.0. The van der Waals surface area contributed by atoms with Crippen LogP contribution < -0.4 is 5.32 Å². The van der Waals surface area contributed by atoms with Gasteiger partial charge >= 0.3 is 0 Å². The molecule has 0 radical (unpaired) electrons. The van der Waals surface area contributed by atoms with Gasteiger partial charge in [0.05, 0.1) is 5.75 Å². The third-order valence-corrected chi connectivity index (χ3v) is 3.96. The lowest BCUT2D eigenvalue weighted by Crippen LogP contribution is -2.32. The maximum atomic E-state index is 12.4. The van der Waals surface area contributed by atoms with Crippen LogP contribution in [0.4, 0.5) is 0 Å². The Bertz CT molecular complexity index is 555. The number of rotatable bonds is 7. The molecule has 1 N–H and O–H groups in total. The van der Waals surface area contributed by atoms with Gasteiger partial charge in [0.1, 0.15) is 9.84 Å². The summed E-state index contributed by atoms with van der Waals surface area (Å²) in [7, 11) is 0.428. The Balaban J connectivity index is 2.80. The van der Waals surface area contributed by atoms with Crippen LogP contribution in [0.25, 0.3) is 0 Å². The lowest BCUT2D eigenvalue weighted by Gasteiger charge is -2.18. The number of nitrogens with zero attached hydrogens (tertiary/aromatic N) is 1. The van der Waals surface area contributed by atoms with Crippen LogP contribution in [0.1, 0.15) is 15.9 Å². The maximum Gasteiger partial charge on any atom is 0.253 e. The summed E-state index contributed by atoms with van der Waals surface area (Å²) in [5.41, 5.74) is 1.61. The van der Waals surface area contributed by atoms with Crippen molar-refractivity contribution in [3.63, 3.8) is 0 Å². The smallest absolute Gasteiger partial charge is 0.253 e. The molecule has 0 saturated heterocycles.